The van der Waals surface area contributed by atoms with Gasteiger partial charge in [0.2, 0.25) is 0 Å². The van der Waals surface area contributed by atoms with E-state index >= 15 is 0 Å². The zero-order chi connectivity index (χ0) is 14.9. The summed E-state index contributed by atoms with van der Waals surface area (Å²) in [6.07, 6.45) is 2.46. The molecule has 0 saturated carbocycles. The maximum atomic E-state index is 5.51. The van der Waals surface area contributed by atoms with Crippen molar-refractivity contribution in [2.45, 2.75) is 39.3 Å². The van der Waals surface area contributed by atoms with Crippen molar-refractivity contribution < 1.29 is 4.74 Å². The lowest BCUT2D eigenvalue weighted by Crippen LogP contribution is -2.18. The van der Waals surface area contributed by atoms with Crippen molar-refractivity contribution in [1.29, 1.82) is 0 Å². The molecule has 2 rings (SSSR count). The first-order valence-corrected chi connectivity index (χ1v) is 7.42. The van der Waals surface area contributed by atoms with Crippen LogP contribution in [0, 0.1) is 0 Å². The molecule has 1 aromatic carbocycles. The molecule has 0 aliphatic rings. The third kappa shape index (κ3) is 5.24. The Labute approximate surface area is 125 Å². The smallest absolute Gasteiger partial charge is 0.170 e. The van der Waals surface area contributed by atoms with Gasteiger partial charge in [0, 0.05) is 6.61 Å². The SMILES string of the molecule is CC(C)OCCCCNCc1nnnn1-c1ccccc1. The van der Waals surface area contributed by atoms with E-state index in [0.717, 1.165) is 37.5 Å². The number of hydrogen-bond donors (Lipinski definition) is 1. The van der Waals surface area contributed by atoms with E-state index in [1.54, 1.807) is 4.68 Å². The van der Waals surface area contributed by atoms with Gasteiger partial charge in [0.05, 0.1) is 18.3 Å². The van der Waals surface area contributed by atoms with Crippen molar-refractivity contribution in [2.24, 2.45) is 0 Å². The maximum absolute atomic E-state index is 5.51. The molecule has 1 heterocycles. The van der Waals surface area contributed by atoms with Gasteiger partial charge in [0.15, 0.2) is 5.82 Å². The van der Waals surface area contributed by atoms with Gasteiger partial charge in [-0.1, -0.05) is 18.2 Å². The van der Waals surface area contributed by atoms with Crippen LogP contribution in [0.25, 0.3) is 5.69 Å². The predicted octanol–water partition coefficient (Wildman–Crippen LogP) is 1.96. The highest BCUT2D eigenvalue weighted by Crippen LogP contribution is 2.06. The van der Waals surface area contributed by atoms with E-state index in [4.69, 9.17) is 4.74 Å². The molecule has 0 aliphatic carbocycles. The predicted molar refractivity (Wildman–Crippen MR) is 81.2 cm³/mol. The molecule has 6 nitrogen and oxygen atoms in total. The molecule has 1 aromatic heterocycles. The Balaban J connectivity index is 1.71. The van der Waals surface area contributed by atoms with Gasteiger partial charge in [-0.3, -0.25) is 0 Å². The number of benzene rings is 1. The van der Waals surface area contributed by atoms with Gasteiger partial charge < -0.3 is 10.1 Å². The maximum Gasteiger partial charge on any atom is 0.170 e. The fraction of sp³-hybridized carbons (Fsp3) is 0.533. The number of para-hydroxylation sites is 1. The molecular formula is C15H23N5O. The molecule has 1 N–H and O–H groups in total. The van der Waals surface area contributed by atoms with Crippen molar-refractivity contribution in [3.05, 3.63) is 36.2 Å². The summed E-state index contributed by atoms with van der Waals surface area (Å²) in [5.41, 5.74) is 0.977. The average Bonchev–Trinajstić information content (AvgIpc) is 2.95. The minimum Gasteiger partial charge on any atom is -0.379 e. The highest BCUT2D eigenvalue weighted by atomic mass is 16.5. The normalized spacial score (nSPS) is 11.2. The first-order chi connectivity index (χ1) is 10.3. The lowest BCUT2D eigenvalue weighted by atomic mass is 10.3. The van der Waals surface area contributed by atoms with Crippen molar-refractivity contribution in [1.82, 2.24) is 25.5 Å². The van der Waals surface area contributed by atoms with E-state index in [1.165, 1.54) is 0 Å². The van der Waals surface area contributed by atoms with Gasteiger partial charge >= 0.3 is 0 Å². The van der Waals surface area contributed by atoms with Crippen LogP contribution in [-0.2, 0) is 11.3 Å². The molecule has 0 unspecified atom stereocenters. The Hall–Kier alpha value is -1.79. The lowest BCUT2D eigenvalue weighted by Gasteiger charge is -2.08. The zero-order valence-electron chi connectivity index (χ0n) is 12.7. The average molecular weight is 289 g/mol. The van der Waals surface area contributed by atoms with Crippen molar-refractivity contribution in [2.75, 3.05) is 13.2 Å². The van der Waals surface area contributed by atoms with Crippen LogP contribution in [0.1, 0.15) is 32.5 Å². The molecule has 0 saturated heterocycles. The topological polar surface area (TPSA) is 64.9 Å². The van der Waals surface area contributed by atoms with E-state index in [-0.39, 0.29) is 0 Å². The summed E-state index contributed by atoms with van der Waals surface area (Å²) in [5.74, 6) is 0.819. The van der Waals surface area contributed by atoms with E-state index in [2.05, 4.69) is 34.7 Å². The summed E-state index contributed by atoms with van der Waals surface area (Å²) >= 11 is 0. The number of ether oxygens (including phenoxy) is 1. The van der Waals surface area contributed by atoms with E-state index in [0.29, 0.717) is 12.6 Å². The third-order valence-electron chi connectivity index (χ3n) is 3.02. The molecule has 0 bridgehead atoms. The van der Waals surface area contributed by atoms with Crippen LogP contribution in [0.15, 0.2) is 30.3 Å². The summed E-state index contributed by atoms with van der Waals surface area (Å²) in [6.45, 7) is 6.53. The summed E-state index contributed by atoms with van der Waals surface area (Å²) in [7, 11) is 0. The van der Waals surface area contributed by atoms with Crippen LogP contribution >= 0.6 is 0 Å². The van der Waals surface area contributed by atoms with Gasteiger partial charge in [-0.15, -0.1) is 5.10 Å². The second-order valence-corrected chi connectivity index (χ2v) is 5.15. The van der Waals surface area contributed by atoms with E-state index < -0.39 is 0 Å². The van der Waals surface area contributed by atoms with Gasteiger partial charge in [-0.25, -0.2) is 0 Å². The Morgan fingerprint density at radius 3 is 2.76 bits per heavy atom. The monoisotopic (exact) mass is 289 g/mol. The molecule has 2 aromatic rings. The van der Waals surface area contributed by atoms with Gasteiger partial charge in [-0.05, 0) is 55.8 Å². The molecule has 0 fully saturated rings. The molecule has 0 aliphatic heterocycles. The van der Waals surface area contributed by atoms with Crippen molar-refractivity contribution >= 4 is 0 Å². The minimum atomic E-state index is 0.313. The molecular weight excluding hydrogens is 266 g/mol. The number of hydrogen-bond acceptors (Lipinski definition) is 5. The molecule has 21 heavy (non-hydrogen) atoms. The first-order valence-electron chi connectivity index (χ1n) is 7.42. The minimum absolute atomic E-state index is 0.313. The summed E-state index contributed by atoms with van der Waals surface area (Å²) in [6, 6.07) is 9.91. The summed E-state index contributed by atoms with van der Waals surface area (Å²) in [4.78, 5) is 0. The number of aromatic nitrogens is 4. The molecule has 0 atom stereocenters. The molecule has 6 heteroatoms. The Morgan fingerprint density at radius 1 is 1.19 bits per heavy atom. The van der Waals surface area contributed by atoms with E-state index in [1.807, 2.05) is 30.3 Å². The molecule has 0 amide bonds. The summed E-state index contributed by atoms with van der Waals surface area (Å²) in [5, 5.41) is 15.2. The Kier molecular flexibility index (Phi) is 6.30. The van der Waals surface area contributed by atoms with Gasteiger partial charge in [0.1, 0.15) is 0 Å². The van der Waals surface area contributed by atoms with Crippen LogP contribution in [0.2, 0.25) is 0 Å². The highest BCUT2D eigenvalue weighted by Gasteiger charge is 2.06. The number of tetrazole rings is 1. The van der Waals surface area contributed by atoms with Gasteiger partial charge in [-0.2, -0.15) is 4.68 Å². The Bertz CT molecular complexity index is 512. The van der Waals surface area contributed by atoms with Crippen LogP contribution in [-0.4, -0.2) is 39.5 Å². The van der Waals surface area contributed by atoms with Crippen molar-refractivity contribution in [3.8, 4) is 5.69 Å². The number of rotatable bonds is 9. The fourth-order valence-corrected chi connectivity index (χ4v) is 1.96. The second-order valence-electron chi connectivity index (χ2n) is 5.15. The van der Waals surface area contributed by atoms with Crippen molar-refractivity contribution in [3.63, 3.8) is 0 Å². The lowest BCUT2D eigenvalue weighted by molar-refractivity contribution is 0.0760. The largest absolute Gasteiger partial charge is 0.379 e. The van der Waals surface area contributed by atoms with Crippen LogP contribution in [0.5, 0.6) is 0 Å². The molecule has 0 radical (unpaired) electrons. The van der Waals surface area contributed by atoms with Crippen LogP contribution in [0.3, 0.4) is 0 Å². The summed E-state index contributed by atoms with van der Waals surface area (Å²) < 4.78 is 7.27. The number of unbranched alkanes of at least 4 members (excludes halogenated alkanes) is 1. The zero-order valence-corrected chi connectivity index (χ0v) is 12.7. The van der Waals surface area contributed by atoms with E-state index in [9.17, 15) is 0 Å². The Morgan fingerprint density at radius 2 is 2.00 bits per heavy atom. The quantitative estimate of drug-likeness (QED) is 0.715. The first kappa shape index (κ1) is 15.6. The molecule has 114 valence electrons. The second kappa shape index (κ2) is 8.49. The third-order valence-corrected chi connectivity index (χ3v) is 3.02. The van der Waals surface area contributed by atoms with Crippen LogP contribution in [0.4, 0.5) is 0 Å². The fourth-order valence-electron chi connectivity index (χ4n) is 1.96. The number of nitrogens with one attached hydrogen (secondary N) is 1. The standard InChI is InChI=1S/C15H23N5O/c1-13(2)21-11-7-6-10-16-12-15-17-18-19-20(15)14-8-4-3-5-9-14/h3-5,8-9,13,16H,6-7,10-12H2,1-2H3. The number of nitrogens with zero attached hydrogens (tertiary/aromatic N) is 4. The van der Waals surface area contributed by atoms with Gasteiger partial charge in [0.25, 0.3) is 0 Å². The van der Waals surface area contributed by atoms with Crippen LogP contribution < -0.4 is 5.32 Å². The molecule has 0 spiro atoms. The highest BCUT2D eigenvalue weighted by molar-refractivity contribution is 5.30.